The lowest BCUT2D eigenvalue weighted by molar-refractivity contribution is 0.169. The van der Waals surface area contributed by atoms with E-state index < -0.39 is 0 Å². The molecule has 0 saturated heterocycles. The highest BCUT2D eigenvalue weighted by Crippen LogP contribution is 2.33. The molecule has 1 aromatic heterocycles. The van der Waals surface area contributed by atoms with Gasteiger partial charge in [-0.25, -0.2) is 4.68 Å². The van der Waals surface area contributed by atoms with Crippen LogP contribution in [0, 0.1) is 6.92 Å². The van der Waals surface area contributed by atoms with Crippen molar-refractivity contribution in [2.75, 3.05) is 19.8 Å². The predicted octanol–water partition coefficient (Wildman–Crippen LogP) is 3.67. The van der Waals surface area contributed by atoms with Crippen LogP contribution >= 0.6 is 0 Å². The van der Waals surface area contributed by atoms with Crippen molar-refractivity contribution in [1.29, 1.82) is 0 Å². The molecule has 1 N–H and O–H groups in total. The fourth-order valence-electron chi connectivity index (χ4n) is 3.35. The molecule has 140 valence electrons. The molecule has 0 bridgehead atoms. The van der Waals surface area contributed by atoms with Crippen LogP contribution in [0.4, 0.5) is 0 Å². The highest BCUT2D eigenvalue weighted by Gasteiger charge is 2.15. The Morgan fingerprint density at radius 2 is 1.85 bits per heavy atom. The molecule has 0 atom stereocenters. The first-order valence-corrected chi connectivity index (χ1v) is 9.50. The Hall–Kier alpha value is -2.79. The van der Waals surface area contributed by atoms with Crippen LogP contribution in [0.1, 0.15) is 23.2 Å². The molecule has 0 aliphatic carbocycles. The van der Waals surface area contributed by atoms with Crippen LogP contribution < -0.4 is 14.8 Å². The normalized spacial score (nSPS) is 12.9. The Labute approximate surface area is 159 Å². The summed E-state index contributed by atoms with van der Waals surface area (Å²) in [5.74, 6) is 1.74. The maximum atomic E-state index is 5.77. The van der Waals surface area contributed by atoms with E-state index in [0.717, 1.165) is 54.4 Å². The minimum atomic E-state index is 0.620. The van der Waals surface area contributed by atoms with Crippen molar-refractivity contribution in [1.82, 2.24) is 15.1 Å². The summed E-state index contributed by atoms with van der Waals surface area (Å²) in [6.45, 7) is 5.06. The van der Waals surface area contributed by atoms with E-state index >= 15 is 0 Å². The van der Waals surface area contributed by atoms with Gasteiger partial charge in [0.05, 0.1) is 11.4 Å². The summed E-state index contributed by atoms with van der Waals surface area (Å²) >= 11 is 0. The van der Waals surface area contributed by atoms with Crippen molar-refractivity contribution in [3.05, 3.63) is 71.5 Å². The first kappa shape index (κ1) is 17.6. The SMILES string of the molecule is Cc1nn(-c2ccccc2)cc1CCCNCc1cccc2c1OCCO2. The summed E-state index contributed by atoms with van der Waals surface area (Å²) < 4.78 is 13.4. The summed E-state index contributed by atoms with van der Waals surface area (Å²) in [7, 11) is 0. The van der Waals surface area contributed by atoms with Crippen molar-refractivity contribution in [3.63, 3.8) is 0 Å². The number of para-hydroxylation sites is 2. The molecule has 1 aliphatic heterocycles. The molecule has 0 saturated carbocycles. The van der Waals surface area contributed by atoms with Gasteiger partial charge < -0.3 is 14.8 Å². The van der Waals surface area contributed by atoms with Gasteiger partial charge in [0.25, 0.3) is 0 Å². The van der Waals surface area contributed by atoms with E-state index in [0.29, 0.717) is 13.2 Å². The molecule has 0 fully saturated rings. The van der Waals surface area contributed by atoms with Crippen molar-refractivity contribution in [2.24, 2.45) is 0 Å². The van der Waals surface area contributed by atoms with Gasteiger partial charge in [-0.3, -0.25) is 0 Å². The predicted molar refractivity (Wildman–Crippen MR) is 106 cm³/mol. The minimum Gasteiger partial charge on any atom is -0.486 e. The quantitative estimate of drug-likeness (QED) is 0.651. The third-order valence-corrected chi connectivity index (χ3v) is 4.78. The van der Waals surface area contributed by atoms with E-state index in [4.69, 9.17) is 9.47 Å². The van der Waals surface area contributed by atoms with Crippen LogP contribution in [-0.2, 0) is 13.0 Å². The van der Waals surface area contributed by atoms with E-state index in [9.17, 15) is 0 Å². The van der Waals surface area contributed by atoms with Gasteiger partial charge in [0.1, 0.15) is 13.2 Å². The number of nitrogens with one attached hydrogen (secondary N) is 1. The number of aryl methyl sites for hydroxylation is 2. The standard InChI is InChI=1S/C22H25N3O2/c1-17-19(16-25(24-17)20-9-3-2-4-10-20)8-6-12-23-15-18-7-5-11-21-22(18)27-14-13-26-21/h2-5,7,9-11,16,23H,6,8,12-15H2,1H3. The zero-order valence-corrected chi connectivity index (χ0v) is 15.6. The monoisotopic (exact) mass is 363 g/mol. The Kier molecular flexibility index (Phi) is 5.39. The molecule has 0 amide bonds. The lowest BCUT2D eigenvalue weighted by Crippen LogP contribution is -2.20. The van der Waals surface area contributed by atoms with Gasteiger partial charge in [-0.1, -0.05) is 30.3 Å². The van der Waals surface area contributed by atoms with E-state index in [1.165, 1.54) is 5.56 Å². The highest BCUT2D eigenvalue weighted by atomic mass is 16.6. The smallest absolute Gasteiger partial charge is 0.165 e. The van der Waals surface area contributed by atoms with Crippen molar-refractivity contribution in [2.45, 2.75) is 26.3 Å². The van der Waals surface area contributed by atoms with Crippen LogP contribution in [0.15, 0.2) is 54.7 Å². The highest BCUT2D eigenvalue weighted by molar-refractivity contribution is 5.47. The maximum absolute atomic E-state index is 5.77. The first-order valence-electron chi connectivity index (χ1n) is 9.50. The zero-order valence-electron chi connectivity index (χ0n) is 15.6. The van der Waals surface area contributed by atoms with Gasteiger partial charge in [0.2, 0.25) is 0 Å². The average Bonchev–Trinajstić information content (AvgIpc) is 3.09. The fourth-order valence-corrected chi connectivity index (χ4v) is 3.35. The molecule has 4 rings (SSSR count). The number of hydrogen-bond acceptors (Lipinski definition) is 4. The molecule has 0 radical (unpaired) electrons. The summed E-state index contributed by atoms with van der Waals surface area (Å²) in [5, 5.41) is 8.16. The second kappa shape index (κ2) is 8.27. The third-order valence-electron chi connectivity index (χ3n) is 4.78. The number of benzene rings is 2. The number of hydrogen-bond donors (Lipinski definition) is 1. The number of ether oxygens (including phenoxy) is 2. The summed E-state index contributed by atoms with van der Waals surface area (Å²) in [4.78, 5) is 0. The molecule has 5 heteroatoms. The molecule has 3 aromatic rings. The van der Waals surface area contributed by atoms with Crippen LogP contribution in [0.25, 0.3) is 5.69 Å². The molecule has 27 heavy (non-hydrogen) atoms. The number of fused-ring (bicyclic) bond motifs is 1. The largest absolute Gasteiger partial charge is 0.486 e. The van der Waals surface area contributed by atoms with E-state index in [2.05, 4.69) is 41.7 Å². The summed E-state index contributed by atoms with van der Waals surface area (Å²) in [5.41, 5.74) is 4.65. The van der Waals surface area contributed by atoms with Crippen LogP contribution in [0.5, 0.6) is 11.5 Å². The van der Waals surface area contributed by atoms with E-state index in [1.54, 1.807) is 0 Å². The van der Waals surface area contributed by atoms with Crippen molar-refractivity contribution in [3.8, 4) is 17.2 Å². The molecule has 2 aromatic carbocycles. The number of aromatic nitrogens is 2. The number of nitrogens with zero attached hydrogens (tertiary/aromatic N) is 2. The van der Waals surface area contributed by atoms with Gasteiger partial charge >= 0.3 is 0 Å². The van der Waals surface area contributed by atoms with E-state index in [1.807, 2.05) is 35.0 Å². The van der Waals surface area contributed by atoms with Crippen molar-refractivity contribution < 1.29 is 9.47 Å². The minimum absolute atomic E-state index is 0.620. The second-order valence-corrected chi connectivity index (χ2v) is 6.74. The molecule has 2 heterocycles. The first-order chi connectivity index (χ1) is 13.3. The second-order valence-electron chi connectivity index (χ2n) is 6.74. The van der Waals surface area contributed by atoms with Gasteiger partial charge in [-0.15, -0.1) is 0 Å². The van der Waals surface area contributed by atoms with E-state index in [-0.39, 0.29) is 0 Å². The number of rotatable bonds is 7. The Bertz CT molecular complexity index is 890. The van der Waals surface area contributed by atoms with Crippen LogP contribution in [-0.4, -0.2) is 29.5 Å². The van der Waals surface area contributed by atoms with Gasteiger partial charge in [-0.05, 0) is 50.1 Å². The molecular formula is C22H25N3O2. The summed E-state index contributed by atoms with van der Waals surface area (Å²) in [6.07, 6.45) is 4.22. The lowest BCUT2D eigenvalue weighted by Gasteiger charge is -2.21. The van der Waals surface area contributed by atoms with Gasteiger partial charge in [0.15, 0.2) is 11.5 Å². The Morgan fingerprint density at radius 1 is 1.00 bits per heavy atom. The van der Waals surface area contributed by atoms with Crippen molar-refractivity contribution >= 4 is 0 Å². The Balaban J connectivity index is 1.28. The van der Waals surface area contributed by atoms with Crippen LogP contribution in [0.3, 0.4) is 0 Å². The topological polar surface area (TPSA) is 48.3 Å². The molecule has 1 aliphatic rings. The van der Waals surface area contributed by atoms with Gasteiger partial charge in [-0.2, -0.15) is 5.10 Å². The Morgan fingerprint density at radius 3 is 2.74 bits per heavy atom. The fraction of sp³-hybridized carbons (Fsp3) is 0.318. The maximum Gasteiger partial charge on any atom is 0.165 e. The zero-order chi connectivity index (χ0) is 18.5. The molecular weight excluding hydrogens is 338 g/mol. The average molecular weight is 363 g/mol. The molecule has 0 unspecified atom stereocenters. The lowest BCUT2D eigenvalue weighted by atomic mass is 10.1. The summed E-state index contributed by atoms with van der Waals surface area (Å²) in [6, 6.07) is 16.3. The van der Waals surface area contributed by atoms with Gasteiger partial charge in [0, 0.05) is 18.3 Å². The molecule has 5 nitrogen and oxygen atoms in total. The third kappa shape index (κ3) is 4.14. The molecule has 0 spiro atoms. The van der Waals surface area contributed by atoms with Crippen LogP contribution in [0.2, 0.25) is 0 Å².